The molecule has 0 saturated heterocycles. The van der Waals surface area contributed by atoms with Crippen LogP contribution in [0.3, 0.4) is 0 Å². The fourth-order valence-corrected chi connectivity index (χ4v) is 4.12. The molecule has 2 N–H and O–H groups in total. The fraction of sp³-hybridized carbons (Fsp3) is 0.174. The molecule has 5 heteroatoms. The van der Waals surface area contributed by atoms with E-state index < -0.39 is 0 Å². The highest BCUT2D eigenvalue weighted by Gasteiger charge is 2.32. The van der Waals surface area contributed by atoms with Crippen LogP contribution in [0.25, 0.3) is 16.6 Å². The zero-order valence-corrected chi connectivity index (χ0v) is 15.4. The van der Waals surface area contributed by atoms with Gasteiger partial charge in [-0.25, -0.2) is 0 Å². The smallest absolute Gasteiger partial charge is 0.254 e. The number of H-pyrrole nitrogens is 1. The van der Waals surface area contributed by atoms with E-state index in [4.69, 9.17) is 0 Å². The quantitative estimate of drug-likeness (QED) is 0.579. The third kappa shape index (κ3) is 2.72. The van der Waals surface area contributed by atoms with Gasteiger partial charge in [0.25, 0.3) is 5.91 Å². The topological polar surface area (TPSA) is 61.3 Å². The molecule has 0 saturated carbocycles. The van der Waals surface area contributed by atoms with Crippen molar-refractivity contribution in [2.24, 2.45) is 0 Å². The Hall–Kier alpha value is -3.31. The largest absolute Gasteiger partial charge is 0.394 e. The van der Waals surface area contributed by atoms with Crippen molar-refractivity contribution in [3.05, 3.63) is 89.9 Å². The highest BCUT2D eigenvalue weighted by Crippen LogP contribution is 2.31. The van der Waals surface area contributed by atoms with Gasteiger partial charge in [0.15, 0.2) is 0 Å². The van der Waals surface area contributed by atoms with E-state index >= 15 is 0 Å². The number of aromatic amines is 1. The molecule has 0 aliphatic carbocycles. The first-order valence-electron chi connectivity index (χ1n) is 9.48. The van der Waals surface area contributed by atoms with Gasteiger partial charge in [0.2, 0.25) is 0 Å². The van der Waals surface area contributed by atoms with Crippen LogP contribution in [-0.4, -0.2) is 38.1 Å². The molecule has 1 aliphatic heterocycles. The Kier molecular flexibility index (Phi) is 4.02. The molecule has 1 unspecified atom stereocenters. The van der Waals surface area contributed by atoms with E-state index in [0.29, 0.717) is 18.5 Å². The van der Waals surface area contributed by atoms with Crippen LogP contribution in [-0.2, 0) is 13.0 Å². The molecule has 2 aromatic heterocycles. The Morgan fingerprint density at radius 1 is 1.04 bits per heavy atom. The molecule has 1 aliphatic rings. The predicted octanol–water partition coefficient (Wildman–Crippen LogP) is 3.52. The summed E-state index contributed by atoms with van der Waals surface area (Å²) in [5, 5.41) is 11.1. The van der Waals surface area contributed by atoms with Crippen molar-refractivity contribution in [2.75, 3.05) is 6.61 Å². The van der Waals surface area contributed by atoms with Gasteiger partial charge in [-0.15, -0.1) is 0 Å². The maximum Gasteiger partial charge on any atom is 0.254 e. The van der Waals surface area contributed by atoms with Crippen molar-refractivity contribution in [3.63, 3.8) is 0 Å². The summed E-state index contributed by atoms with van der Waals surface area (Å²) in [5.41, 5.74) is 4.99. The first kappa shape index (κ1) is 16.8. The summed E-state index contributed by atoms with van der Waals surface area (Å²) in [7, 11) is 0. The van der Waals surface area contributed by atoms with Crippen molar-refractivity contribution in [1.29, 1.82) is 0 Å². The van der Waals surface area contributed by atoms with Gasteiger partial charge < -0.3 is 19.6 Å². The van der Waals surface area contributed by atoms with Crippen LogP contribution < -0.4 is 0 Å². The molecule has 0 radical (unpaired) electrons. The summed E-state index contributed by atoms with van der Waals surface area (Å²) < 4.78 is 2.00. The Labute approximate surface area is 162 Å². The van der Waals surface area contributed by atoms with Crippen LogP contribution in [0.1, 0.15) is 21.6 Å². The fourth-order valence-electron chi connectivity index (χ4n) is 4.12. The normalized spacial score (nSPS) is 16.3. The summed E-state index contributed by atoms with van der Waals surface area (Å²) >= 11 is 0. The summed E-state index contributed by atoms with van der Waals surface area (Å²) in [6.07, 6.45) is 4.60. The number of amides is 1. The van der Waals surface area contributed by atoms with Crippen LogP contribution in [0, 0.1) is 0 Å². The SMILES string of the molecule is O=C(c1ccc(-n2cccc2)cc1)N1Cc2[nH]c3ccccc3c2CC1CO. The number of carbonyl (C=O) groups is 1. The predicted molar refractivity (Wildman–Crippen MR) is 109 cm³/mol. The number of hydrogen-bond donors (Lipinski definition) is 2. The number of nitrogens with one attached hydrogen (secondary N) is 1. The Bertz CT molecular complexity index is 1130. The maximum atomic E-state index is 13.2. The maximum absolute atomic E-state index is 13.2. The van der Waals surface area contributed by atoms with Gasteiger partial charge in [-0.1, -0.05) is 18.2 Å². The molecular weight excluding hydrogens is 350 g/mol. The summed E-state index contributed by atoms with van der Waals surface area (Å²) in [4.78, 5) is 18.4. The minimum Gasteiger partial charge on any atom is -0.394 e. The number of para-hydroxylation sites is 1. The Balaban J connectivity index is 1.45. The van der Waals surface area contributed by atoms with Crippen molar-refractivity contribution in [3.8, 4) is 5.69 Å². The average Bonchev–Trinajstić information content (AvgIpc) is 3.40. The lowest BCUT2D eigenvalue weighted by molar-refractivity contribution is 0.0541. The number of benzene rings is 2. The van der Waals surface area contributed by atoms with Crippen LogP contribution in [0.2, 0.25) is 0 Å². The molecule has 0 fully saturated rings. The van der Waals surface area contributed by atoms with Crippen LogP contribution in [0.5, 0.6) is 0 Å². The molecule has 1 amide bonds. The van der Waals surface area contributed by atoms with Crippen LogP contribution in [0.15, 0.2) is 73.1 Å². The lowest BCUT2D eigenvalue weighted by Gasteiger charge is -2.34. The van der Waals surface area contributed by atoms with Crippen LogP contribution in [0.4, 0.5) is 0 Å². The van der Waals surface area contributed by atoms with Gasteiger partial charge in [-0.3, -0.25) is 4.79 Å². The highest BCUT2D eigenvalue weighted by molar-refractivity contribution is 5.95. The Morgan fingerprint density at radius 2 is 1.79 bits per heavy atom. The van der Waals surface area contributed by atoms with Crippen LogP contribution >= 0.6 is 0 Å². The molecule has 4 aromatic rings. The lowest BCUT2D eigenvalue weighted by Crippen LogP contribution is -2.46. The van der Waals surface area contributed by atoms with Crippen molar-refractivity contribution < 1.29 is 9.90 Å². The molecule has 5 rings (SSSR count). The molecule has 28 heavy (non-hydrogen) atoms. The van der Waals surface area contributed by atoms with Gasteiger partial charge in [-0.05, 0) is 54.4 Å². The Morgan fingerprint density at radius 3 is 2.54 bits per heavy atom. The zero-order chi connectivity index (χ0) is 19.1. The van der Waals surface area contributed by atoms with E-state index in [2.05, 4.69) is 11.1 Å². The van der Waals surface area contributed by atoms with Gasteiger partial charge in [0, 0.05) is 40.2 Å². The first-order valence-corrected chi connectivity index (χ1v) is 9.48. The number of aromatic nitrogens is 2. The summed E-state index contributed by atoms with van der Waals surface area (Å²) in [6.45, 7) is 0.430. The lowest BCUT2D eigenvalue weighted by atomic mass is 9.96. The van der Waals surface area contributed by atoms with E-state index in [0.717, 1.165) is 16.9 Å². The van der Waals surface area contributed by atoms with Crippen molar-refractivity contribution in [1.82, 2.24) is 14.5 Å². The van der Waals surface area contributed by atoms with E-state index in [9.17, 15) is 9.90 Å². The molecule has 5 nitrogen and oxygen atoms in total. The molecule has 3 heterocycles. The second-order valence-electron chi connectivity index (χ2n) is 7.24. The van der Waals surface area contributed by atoms with Gasteiger partial charge in [0.1, 0.15) is 0 Å². The molecular formula is C23H21N3O2. The number of fused-ring (bicyclic) bond motifs is 3. The van der Waals surface area contributed by atoms with E-state index in [-0.39, 0.29) is 18.6 Å². The second-order valence-corrected chi connectivity index (χ2v) is 7.24. The van der Waals surface area contributed by atoms with E-state index in [1.54, 1.807) is 4.90 Å². The number of nitrogens with zero attached hydrogens (tertiary/aromatic N) is 2. The van der Waals surface area contributed by atoms with Gasteiger partial charge in [0.05, 0.1) is 19.2 Å². The molecule has 0 bridgehead atoms. The number of aliphatic hydroxyl groups is 1. The third-order valence-corrected chi connectivity index (χ3v) is 5.60. The number of aliphatic hydroxyl groups excluding tert-OH is 1. The number of hydrogen-bond acceptors (Lipinski definition) is 2. The second kappa shape index (κ2) is 6.69. The minimum absolute atomic E-state index is 0.0495. The average molecular weight is 371 g/mol. The standard InChI is InChI=1S/C23H21N3O2/c27-15-18-13-20-19-5-1-2-6-21(19)24-22(20)14-26(18)23(28)16-7-9-17(10-8-16)25-11-3-4-12-25/h1-12,18,24,27H,13-15H2. The monoisotopic (exact) mass is 371 g/mol. The molecule has 1 atom stereocenters. The summed E-state index contributed by atoms with van der Waals surface area (Å²) in [6, 6.07) is 19.5. The third-order valence-electron chi connectivity index (χ3n) is 5.60. The molecule has 140 valence electrons. The van der Waals surface area contributed by atoms with Crippen molar-refractivity contribution in [2.45, 2.75) is 19.0 Å². The van der Waals surface area contributed by atoms with Gasteiger partial charge in [-0.2, -0.15) is 0 Å². The minimum atomic E-state index is -0.219. The first-order chi connectivity index (χ1) is 13.7. The molecule has 2 aromatic carbocycles. The summed E-state index contributed by atoms with van der Waals surface area (Å²) in [5.74, 6) is -0.0533. The van der Waals surface area contributed by atoms with E-state index in [1.165, 1.54) is 10.9 Å². The molecule has 0 spiro atoms. The highest BCUT2D eigenvalue weighted by atomic mass is 16.3. The van der Waals surface area contributed by atoms with E-state index in [1.807, 2.05) is 71.6 Å². The van der Waals surface area contributed by atoms with Crippen molar-refractivity contribution >= 4 is 16.8 Å². The zero-order valence-electron chi connectivity index (χ0n) is 15.4. The number of rotatable bonds is 3. The number of carbonyl (C=O) groups excluding carboxylic acids is 1. The van der Waals surface area contributed by atoms with Gasteiger partial charge >= 0.3 is 0 Å².